The molecule has 0 aliphatic carbocycles. The number of thiophene rings is 1. The summed E-state index contributed by atoms with van der Waals surface area (Å²) in [5.74, 6) is -2.67. The lowest BCUT2D eigenvalue weighted by Crippen LogP contribution is -2.41. The molecule has 0 spiro atoms. The molecular weight excluding hydrogens is 372 g/mol. The van der Waals surface area contributed by atoms with Crippen LogP contribution in [-0.4, -0.2) is 43.3 Å². The Morgan fingerprint density at radius 3 is 2.56 bits per heavy atom. The largest absolute Gasteiger partial charge is 0.483 e. The SMILES string of the molecule is CCc1sc2cccc(OCC(=O)N[C@@H](C)C(=O)OC)c2c1C(=O)C(N)=O. The van der Waals surface area contributed by atoms with Gasteiger partial charge in [-0.2, -0.15) is 0 Å². The zero-order valence-corrected chi connectivity index (χ0v) is 16.0. The number of methoxy groups -OCH3 is 1. The fraction of sp³-hybridized carbons (Fsp3) is 0.333. The molecule has 0 radical (unpaired) electrons. The fourth-order valence-corrected chi connectivity index (χ4v) is 3.72. The Kier molecular flexibility index (Phi) is 6.51. The predicted octanol–water partition coefficient (Wildman–Crippen LogP) is 1.19. The first-order chi connectivity index (χ1) is 12.8. The molecule has 2 aromatic rings. The molecule has 144 valence electrons. The van der Waals surface area contributed by atoms with Crippen molar-refractivity contribution >= 4 is 45.0 Å². The molecule has 1 aromatic heterocycles. The minimum atomic E-state index is -1.05. The van der Waals surface area contributed by atoms with Crippen LogP contribution in [0.3, 0.4) is 0 Å². The van der Waals surface area contributed by atoms with E-state index in [4.69, 9.17) is 10.5 Å². The van der Waals surface area contributed by atoms with Crippen LogP contribution in [0.25, 0.3) is 10.1 Å². The number of Topliss-reactive ketones (excluding diaryl/α,β-unsaturated/α-hetero) is 1. The minimum Gasteiger partial charge on any atom is -0.483 e. The third kappa shape index (κ3) is 4.43. The molecule has 0 saturated carbocycles. The van der Waals surface area contributed by atoms with Crippen molar-refractivity contribution in [2.45, 2.75) is 26.3 Å². The third-order valence-corrected chi connectivity index (χ3v) is 5.11. The number of amides is 2. The minimum absolute atomic E-state index is 0.212. The second-order valence-corrected chi connectivity index (χ2v) is 6.81. The average Bonchev–Trinajstić information content (AvgIpc) is 3.03. The lowest BCUT2D eigenvalue weighted by Gasteiger charge is -2.13. The fourth-order valence-electron chi connectivity index (χ4n) is 2.56. The third-order valence-electron chi connectivity index (χ3n) is 3.81. The summed E-state index contributed by atoms with van der Waals surface area (Å²) in [6.07, 6.45) is 0.546. The summed E-state index contributed by atoms with van der Waals surface area (Å²) in [4.78, 5) is 47.8. The van der Waals surface area contributed by atoms with Crippen LogP contribution < -0.4 is 15.8 Å². The van der Waals surface area contributed by atoms with Crippen LogP contribution in [-0.2, 0) is 25.5 Å². The zero-order valence-electron chi connectivity index (χ0n) is 15.2. The van der Waals surface area contributed by atoms with Gasteiger partial charge in [0.15, 0.2) is 6.61 Å². The number of primary amides is 1. The Labute approximate surface area is 159 Å². The van der Waals surface area contributed by atoms with E-state index in [-0.39, 0.29) is 17.9 Å². The molecule has 2 amide bonds. The van der Waals surface area contributed by atoms with Gasteiger partial charge in [-0.15, -0.1) is 11.3 Å². The van der Waals surface area contributed by atoms with Gasteiger partial charge in [0.25, 0.3) is 17.6 Å². The van der Waals surface area contributed by atoms with Crippen molar-refractivity contribution in [2.24, 2.45) is 5.73 Å². The van der Waals surface area contributed by atoms with Crippen molar-refractivity contribution in [1.29, 1.82) is 0 Å². The van der Waals surface area contributed by atoms with Gasteiger partial charge < -0.3 is 20.5 Å². The van der Waals surface area contributed by atoms with E-state index in [9.17, 15) is 19.2 Å². The number of hydrogen-bond acceptors (Lipinski definition) is 7. The maximum Gasteiger partial charge on any atom is 0.328 e. The van der Waals surface area contributed by atoms with Crippen molar-refractivity contribution in [3.8, 4) is 5.75 Å². The van der Waals surface area contributed by atoms with Crippen molar-refractivity contribution in [2.75, 3.05) is 13.7 Å². The van der Waals surface area contributed by atoms with E-state index < -0.39 is 29.6 Å². The second kappa shape index (κ2) is 8.63. The molecule has 2 rings (SSSR count). The molecule has 0 aliphatic heterocycles. The number of nitrogens with one attached hydrogen (secondary N) is 1. The van der Waals surface area contributed by atoms with E-state index in [1.807, 2.05) is 6.92 Å². The van der Waals surface area contributed by atoms with E-state index in [1.165, 1.54) is 25.4 Å². The number of esters is 1. The monoisotopic (exact) mass is 392 g/mol. The second-order valence-electron chi connectivity index (χ2n) is 5.68. The lowest BCUT2D eigenvalue weighted by molar-refractivity contribution is -0.144. The number of nitrogens with two attached hydrogens (primary N) is 1. The number of carbonyl (C=O) groups is 4. The summed E-state index contributed by atoms with van der Waals surface area (Å²) in [7, 11) is 1.22. The predicted molar refractivity (Wildman–Crippen MR) is 99.8 cm³/mol. The number of carbonyl (C=O) groups excluding carboxylic acids is 4. The van der Waals surface area contributed by atoms with Crippen LogP contribution in [0.15, 0.2) is 18.2 Å². The Bertz CT molecular complexity index is 905. The van der Waals surface area contributed by atoms with Crippen molar-refractivity contribution < 1.29 is 28.7 Å². The highest BCUT2D eigenvalue weighted by atomic mass is 32.1. The molecule has 1 heterocycles. The van der Waals surface area contributed by atoms with Crippen LogP contribution >= 0.6 is 11.3 Å². The summed E-state index contributed by atoms with van der Waals surface area (Å²) in [5.41, 5.74) is 5.39. The summed E-state index contributed by atoms with van der Waals surface area (Å²) in [6, 6.07) is 4.30. The summed E-state index contributed by atoms with van der Waals surface area (Å²) < 4.78 is 10.8. The lowest BCUT2D eigenvalue weighted by atomic mass is 10.0. The molecule has 27 heavy (non-hydrogen) atoms. The van der Waals surface area contributed by atoms with Crippen molar-refractivity contribution in [3.63, 3.8) is 0 Å². The molecule has 0 aliphatic rings. The van der Waals surface area contributed by atoms with E-state index in [2.05, 4.69) is 10.1 Å². The first-order valence-electron chi connectivity index (χ1n) is 8.18. The van der Waals surface area contributed by atoms with Crippen LogP contribution in [0, 0.1) is 0 Å². The molecule has 0 bridgehead atoms. The molecule has 1 aromatic carbocycles. The van der Waals surface area contributed by atoms with Gasteiger partial charge in [-0.05, 0) is 25.5 Å². The topological polar surface area (TPSA) is 125 Å². The van der Waals surface area contributed by atoms with Crippen molar-refractivity contribution in [1.82, 2.24) is 5.32 Å². The van der Waals surface area contributed by atoms with E-state index in [0.717, 1.165) is 4.70 Å². The average molecular weight is 392 g/mol. The molecule has 1 atom stereocenters. The van der Waals surface area contributed by atoms with Crippen molar-refractivity contribution in [3.05, 3.63) is 28.6 Å². The van der Waals surface area contributed by atoms with Crippen LogP contribution in [0.5, 0.6) is 5.75 Å². The standard InChI is InChI=1S/C18H20N2O6S/c1-4-11-15(16(22)17(19)23)14-10(6-5-7-12(14)27-11)26-8-13(21)20-9(2)18(24)25-3/h5-7,9H,4,8H2,1-3H3,(H2,19,23)(H,20,21)/t9-/m0/s1. The Morgan fingerprint density at radius 2 is 1.96 bits per heavy atom. The van der Waals surface area contributed by atoms with Gasteiger partial charge in [0.2, 0.25) is 0 Å². The molecule has 0 unspecified atom stereocenters. The number of fused-ring (bicyclic) bond motifs is 1. The number of ether oxygens (including phenoxy) is 2. The summed E-state index contributed by atoms with van der Waals surface area (Å²) >= 11 is 1.37. The van der Waals surface area contributed by atoms with E-state index in [0.29, 0.717) is 16.7 Å². The molecule has 0 fully saturated rings. The first kappa shape index (κ1) is 20.4. The quantitative estimate of drug-likeness (QED) is 0.395. The Balaban J connectivity index is 2.30. The number of aryl methyl sites for hydroxylation is 1. The highest BCUT2D eigenvalue weighted by Crippen LogP contribution is 2.38. The van der Waals surface area contributed by atoms with Gasteiger partial charge in [-0.1, -0.05) is 13.0 Å². The summed E-state index contributed by atoms with van der Waals surface area (Å²) in [5, 5.41) is 2.90. The Morgan fingerprint density at radius 1 is 1.26 bits per heavy atom. The van der Waals surface area contributed by atoms with E-state index in [1.54, 1.807) is 18.2 Å². The van der Waals surface area contributed by atoms with Gasteiger partial charge >= 0.3 is 5.97 Å². The number of hydrogen-bond donors (Lipinski definition) is 2. The highest BCUT2D eigenvalue weighted by molar-refractivity contribution is 7.19. The molecular formula is C18H20N2O6S. The van der Waals surface area contributed by atoms with Gasteiger partial charge in [-0.3, -0.25) is 14.4 Å². The first-order valence-corrected chi connectivity index (χ1v) is 9.00. The zero-order chi connectivity index (χ0) is 20.1. The van der Waals surface area contributed by atoms with Gasteiger partial charge in [-0.25, -0.2) is 4.79 Å². The van der Waals surface area contributed by atoms with E-state index >= 15 is 0 Å². The maximum atomic E-state index is 12.3. The molecule has 9 heteroatoms. The van der Waals surface area contributed by atoms with Crippen LogP contribution in [0.2, 0.25) is 0 Å². The maximum absolute atomic E-state index is 12.3. The number of benzene rings is 1. The molecule has 8 nitrogen and oxygen atoms in total. The molecule has 0 saturated heterocycles. The van der Waals surface area contributed by atoms with Crippen LogP contribution in [0.4, 0.5) is 0 Å². The van der Waals surface area contributed by atoms with Crippen LogP contribution in [0.1, 0.15) is 29.1 Å². The molecule has 3 N–H and O–H groups in total. The number of rotatable bonds is 8. The van der Waals surface area contributed by atoms with Gasteiger partial charge in [0.1, 0.15) is 11.8 Å². The smallest absolute Gasteiger partial charge is 0.328 e. The van der Waals surface area contributed by atoms with Gasteiger partial charge in [0.05, 0.1) is 12.7 Å². The Hall–Kier alpha value is -2.94. The summed E-state index contributed by atoms with van der Waals surface area (Å²) in [6.45, 7) is 2.98. The van der Waals surface area contributed by atoms with Gasteiger partial charge in [0, 0.05) is 15.0 Å². The highest BCUT2D eigenvalue weighted by Gasteiger charge is 2.25. The normalized spacial score (nSPS) is 11.7. The number of ketones is 1.